The predicted octanol–water partition coefficient (Wildman–Crippen LogP) is 1.73. The Balaban J connectivity index is 3.09. The fourth-order valence-electron chi connectivity index (χ4n) is 2.04. The second-order valence-corrected chi connectivity index (χ2v) is 3.96. The fourth-order valence-corrected chi connectivity index (χ4v) is 2.04. The van der Waals surface area contributed by atoms with E-state index in [1.165, 1.54) is 18.2 Å². The van der Waals surface area contributed by atoms with Crippen LogP contribution in [0.25, 0.3) is 10.8 Å². The molecule has 0 aliphatic carbocycles. The molecule has 0 aromatic heterocycles. The molecule has 2 aromatic carbocycles. The highest BCUT2D eigenvalue weighted by atomic mass is 16.6. The van der Waals surface area contributed by atoms with Crippen molar-refractivity contribution >= 4 is 34.1 Å². The average molecular weight is 276 g/mol. The summed E-state index contributed by atoms with van der Waals surface area (Å²) in [5, 5.41) is 28.9. The summed E-state index contributed by atoms with van der Waals surface area (Å²) in [6, 6.07) is 4.64. The van der Waals surface area contributed by atoms with E-state index in [1.54, 1.807) is 0 Å². The molecule has 0 amide bonds. The van der Waals surface area contributed by atoms with E-state index in [0.717, 1.165) is 6.07 Å². The Morgan fingerprint density at radius 1 is 1.15 bits per heavy atom. The fraction of sp³-hybridized carbons (Fsp3) is 0. The van der Waals surface area contributed by atoms with Gasteiger partial charge in [0.25, 0.3) is 5.69 Å². The molecule has 20 heavy (non-hydrogen) atoms. The zero-order chi connectivity index (χ0) is 15.0. The number of aromatic carboxylic acids is 2. The summed E-state index contributed by atoms with van der Waals surface area (Å²) in [5.74, 6) is -2.79. The van der Waals surface area contributed by atoms with Gasteiger partial charge in [-0.1, -0.05) is 6.07 Å². The molecule has 0 unspecified atom stereocenters. The number of carboxylic acids is 2. The number of carboxylic acid groups (broad SMARTS) is 2. The normalized spacial score (nSPS) is 10.4. The van der Waals surface area contributed by atoms with Gasteiger partial charge in [-0.2, -0.15) is 0 Å². The monoisotopic (exact) mass is 276 g/mol. The second-order valence-electron chi connectivity index (χ2n) is 3.96. The van der Waals surface area contributed by atoms with Crippen molar-refractivity contribution in [1.29, 1.82) is 0 Å². The van der Waals surface area contributed by atoms with Gasteiger partial charge >= 0.3 is 11.9 Å². The highest BCUT2D eigenvalue weighted by molar-refractivity contribution is 6.16. The van der Waals surface area contributed by atoms with E-state index < -0.39 is 22.5 Å². The van der Waals surface area contributed by atoms with Crippen molar-refractivity contribution in [3.63, 3.8) is 0 Å². The average Bonchev–Trinajstić information content (AvgIpc) is 2.35. The summed E-state index contributed by atoms with van der Waals surface area (Å²) in [5.41, 5.74) is 3.94. The number of nitro benzene ring substituents is 1. The van der Waals surface area contributed by atoms with Crippen LogP contribution in [0.3, 0.4) is 0 Å². The van der Waals surface area contributed by atoms with Gasteiger partial charge in [0.2, 0.25) is 0 Å². The highest BCUT2D eigenvalue weighted by Crippen LogP contribution is 2.36. The van der Waals surface area contributed by atoms with Gasteiger partial charge in [-0.15, -0.1) is 0 Å². The number of nitro groups is 1. The molecule has 0 saturated heterocycles. The van der Waals surface area contributed by atoms with Crippen molar-refractivity contribution in [3.05, 3.63) is 45.5 Å². The molecule has 0 aliphatic heterocycles. The number of nitrogens with two attached hydrogens (primary N) is 1. The Hall–Kier alpha value is -3.16. The van der Waals surface area contributed by atoms with Crippen LogP contribution in [0.1, 0.15) is 20.7 Å². The first kappa shape index (κ1) is 13.3. The predicted molar refractivity (Wildman–Crippen MR) is 68.9 cm³/mol. The minimum atomic E-state index is -1.41. The van der Waals surface area contributed by atoms with E-state index in [9.17, 15) is 19.7 Å². The molecule has 0 heterocycles. The van der Waals surface area contributed by atoms with Crippen LogP contribution >= 0.6 is 0 Å². The molecule has 0 atom stereocenters. The second kappa shape index (κ2) is 4.50. The zero-order valence-electron chi connectivity index (χ0n) is 9.86. The zero-order valence-corrected chi connectivity index (χ0v) is 9.86. The minimum Gasteiger partial charge on any atom is -0.478 e. The van der Waals surface area contributed by atoms with Crippen molar-refractivity contribution in [3.8, 4) is 0 Å². The molecule has 8 heteroatoms. The van der Waals surface area contributed by atoms with Crippen LogP contribution in [0.15, 0.2) is 24.3 Å². The number of benzene rings is 2. The lowest BCUT2D eigenvalue weighted by molar-refractivity contribution is -0.382. The van der Waals surface area contributed by atoms with Crippen LogP contribution in [0.2, 0.25) is 0 Å². The first-order valence-corrected chi connectivity index (χ1v) is 5.30. The Morgan fingerprint density at radius 2 is 1.75 bits per heavy atom. The highest BCUT2D eigenvalue weighted by Gasteiger charge is 2.25. The number of hydrogen-bond acceptors (Lipinski definition) is 5. The van der Waals surface area contributed by atoms with Gasteiger partial charge in [-0.3, -0.25) is 10.1 Å². The van der Waals surface area contributed by atoms with Crippen LogP contribution in [0.5, 0.6) is 0 Å². The van der Waals surface area contributed by atoms with Gasteiger partial charge in [0.05, 0.1) is 21.4 Å². The molecule has 2 aromatic rings. The SMILES string of the molecule is Nc1cc(C(=O)O)c2c(C(=O)O)cccc2c1[N+](=O)[O-]. The van der Waals surface area contributed by atoms with Crippen molar-refractivity contribution in [1.82, 2.24) is 0 Å². The molecule has 2 rings (SSSR count). The van der Waals surface area contributed by atoms with Gasteiger partial charge in [0.15, 0.2) is 0 Å². The lowest BCUT2D eigenvalue weighted by atomic mass is 9.97. The molecular weight excluding hydrogens is 268 g/mol. The van der Waals surface area contributed by atoms with Gasteiger partial charge in [0, 0.05) is 5.39 Å². The van der Waals surface area contributed by atoms with Crippen LogP contribution in [0.4, 0.5) is 11.4 Å². The molecule has 4 N–H and O–H groups in total. The lowest BCUT2D eigenvalue weighted by Crippen LogP contribution is -2.07. The van der Waals surface area contributed by atoms with Crippen LogP contribution in [-0.4, -0.2) is 27.1 Å². The van der Waals surface area contributed by atoms with Gasteiger partial charge < -0.3 is 15.9 Å². The topological polar surface area (TPSA) is 144 Å². The summed E-state index contributed by atoms with van der Waals surface area (Å²) in [7, 11) is 0. The largest absolute Gasteiger partial charge is 0.478 e. The summed E-state index contributed by atoms with van der Waals surface area (Å²) >= 11 is 0. The smallest absolute Gasteiger partial charge is 0.336 e. The van der Waals surface area contributed by atoms with E-state index >= 15 is 0 Å². The standard InChI is InChI=1S/C12H8N2O6/c13-8-4-7(12(17)18)9-5(10(8)14(19)20)2-1-3-6(9)11(15)16/h1-4H,13H2,(H,15,16)(H,17,18). The maximum atomic E-state index is 11.2. The number of fused-ring (bicyclic) bond motifs is 1. The number of carbonyl (C=O) groups is 2. The third kappa shape index (κ3) is 1.88. The van der Waals surface area contributed by atoms with Gasteiger partial charge in [-0.25, -0.2) is 9.59 Å². The minimum absolute atomic E-state index is 0.118. The van der Waals surface area contributed by atoms with E-state index in [0.29, 0.717) is 0 Å². The molecule has 0 radical (unpaired) electrons. The van der Waals surface area contributed by atoms with Crippen molar-refractivity contribution in [2.75, 3.05) is 5.73 Å². The number of hydrogen-bond donors (Lipinski definition) is 3. The Labute approximate surface area is 111 Å². The Bertz CT molecular complexity index is 768. The summed E-state index contributed by atoms with van der Waals surface area (Å²) < 4.78 is 0. The van der Waals surface area contributed by atoms with E-state index in [1.807, 2.05) is 0 Å². The molecule has 0 fully saturated rings. The molecule has 0 aliphatic rings. The molecule has 0 bridgehead atoms. The van der Waals surface area contributed by atoms with Gasteiger partial charge in [-0.05, 0) is 18.2 Å². The number of nitrogens with zero attached hydrogens (tertiary/aromatic N) is 1. The maximum absolute atomic E-state index is 11.2. The van der Waals surface area contributed by atoms with E-state index in [4.69, 9.17) is 15.9 Å². The lowest BCUT2D eigenvalue weighted by Gasteiger charge is -2.09. The number of rotatable bonds is 3. The molecule has 0 spiro atoms. The van der Waals surface area contributed by atoms with Crippen LogP contribution in [0, 0.1) is 10.1 Å². The first-order chi connectivity index (χ1) is 9.34. The quantitative estimate of drug-likeness (QED) is 0.439. The third-order valence-electron chi connectivity index (χ3n) is 2.81. The van der Waals surface area contributed by atoms with Crippen LogP contribution in [-0.2, 0) is 0 Å². The number of anilines is 1. The van der Waals surface area contributed by atoms with Crippen molar-refractivity contribution < 1.29 is 24.7 Å². The summed E-state index contributed by atoms with van der Waals surface area (Å²) in [6.07, 6.45) is 0. The molecule has 102 valence electrons. The van der Waals surface area contributed by atoms with Crippen molar-refractivity contribution in [2.45, 2.75) is 0 Å². The molecule has 8 nitrogen and oxygen atoms in total. The van der Waals surface area contributed by atoms with E-state index in [-0.39, 0.29) is 27.6 Å². The Morgan fingerprint density at radius 3 is 2.25 bits per heavy atom. The third-order valence-corrected chi connectivity index (χ3v) is 2.81. The summed E-state index contributed by atoms with van der Waals surface area (Å²) in [6.45, 7) is 0. The van der Waals surface area contributed by atoms with Crippen LogP contribution < -0.4 is 5.73 Å². The van der Waals surface area contributed by atoms with Gasteiger partial charge in [0.1, 0.15) is 5.69 Å². The first-order valence-electron chi connectivity index (χ1n) is 5.30. The number of nitrogen functional groups attached to an aromatic ring is 1. The van der Waals surface area contributed by atoms with E-state index in [2.05, 4.69) is 0 Å². The summed E-state index contributed by atoms with van der Waals surface area (Å²) in [4.78, 5) is 32.6. The maximum Gasteiger partial charge on any atom is 0.336 e. The Kier molecular flexibility index (Phi) is 2.99. The molecular formula is C12H8N2O6. The molecule has 0 saturated carbocycles. The van der Waals surface area contributed by atoms with Crippen molar-refractivity contribution in [2.24, 2.45) is 0 Å².